The van der Waals surface area contributed by atoms with Crippen LogP contribution in [0.3, 0.4) is 0 Å². The molecule has 2 heterocycles. The van der Waals surface area contributed by atoms with E-state index in [2.05, 4.69) is 53.3 Å². The Balaban J connectivity index is 2.00. The van der Waals surface area contributed by atoms with Gasteiger partial charge in [-0.15, -0.1) is 0 Å². The number of fused-ring (bicyclic) bond motifs is 7. The van der Waals surface area contributed by atoms with E-state index in [0.29, 0.717) is 5.92 Å². The lowest BCUT2D eigenvalue weighted by molar-refractivity contribution is 0.962. The Morgan fingerprint density at radius 2 is 1.82 bits per heavy atom. The number of benzene rings is 2. The monoisotopic (exact) mass is 282 g/mol. The van der Waals surface area contributed by atoms with Crippen LogP contribution in [0.15, 0.2) is 60.9 Å². The SMILES string of the molecule is CC1c2cccnc2-c2ccc3cnc4ccccc4c3c21. The van der Waals surface area contributed by atoms with Gasteiger partial charge in [0.25, 0.3) is 0 Å². The molecule has 1 aliphatic carbocycles. The molecule has 1 aliphatic rings. The van der Waals surface area contributed by atoms with Gasteiger partial charge in [-0.05, 0) is 28.6 Å². The molecule has 0 saturated heterocycles. The smallest absolute Gasteiger partial charge is 0.0743 e. The number of hydrogen-bond donors (Lipinski definition) is 0. The van der Waals surface area contributed by atoms with Gasteiger partial charge in [0.1, 0.15) is 0 Å². The van der Waals surface area contributed by atoms with Crippen LogP contribution >= 0.6 is 0 Å². The van der Waals surface area contributed by atoms with Crippen molar-refractivity contribution in [2.24, 2.45) is 0 Å². The van der Waals surface area contributed by atoms with E-state index in [1.807, 2.05) is 24.5 Å². The largest absolute Gasteiger partial charge is 0.256 e. The fourth-order valence-corrected chi connectivity index (χ4v) is 3.79. The maximum Gasteiger partial charge on any atom is 0.0743 e. The molecule has 22 heavy (non-hydrogen) atoms. The highest BCUT2D eigenvalue weighted by molar-refractivity contribution is 6.10. The summed E-state index contributed by atoms with van der Waals surface area (Å²) in [7, 11) is 0. The molecule has 104 valence electrons. The van der Waals surface area contributed by atoms with Crippen molar-refractivity contribution < 1.29 is 0 Å². The molecule has 2 aromatic heterocycles. The second kappa shape index (κ2) is 4.14. The fraction of sp³-hybridized carbons (Fsp3) is 0.100. The molecule has 0 spiro atoms. The summed E-state index contributed by atoms with van der Waals surface area (Å²) in [5, 5.41) is 3.77. The molecule has 4 aromatic rings. The van der Waals surface area contributed by atoms with E-state index in [0.717, 1.165) is 11.2 Å². The van der Waals surface area contributed by atoms with Crippen molar-refractivity contribution >= 4 is 21.7 Å². The van der Waals surface area contributed by atoms with Gasteiger partial charge >= 0.3 is 0 Å². The zero-order chi connectivity index (χ0) is 14.7. The highest BCUT2D eigenvalue weighted by Gasteiger charge is 2.28. The van der Waals surface area contributed by atoms with Crippen LogP contribution < -0.4 is 0 Å². The van der Waals surface area contributed by atoms with Crippen molar-refractivity contribution in [2.75, 3.05) is 0 Å². The predicted molar refractivity (Wildman–Crippen MR) is 90.0 cm³/mol. The van der Waals surface area contributed by atoms with Crippen LogP contribution in [0.25, 0.3) is 32.9 Å². The molecule has 1 unspecified atom stereocenters. The van der Waals surface area contributed by atoms with Gasteiger partial charge in [0.05, 0.1) is 11.2 Å². The summed E-state index contributed by atoms with van der Waals surface area (Å²) in [6.07, 6.45) is 3.87. The fourth-order valence-electron chi connectivity index (χ4n) is 3.79. The van der Waals surface area contributed by atoms with Crippen LogP contribution in [-0.4, -0.2) is 9.97 Å². The summed E-state index contributed by atoms with van der Waals surface area (Å²) in [6, 6.07) is 17.0. The highest BCUT2D eigenvalue weighted by atomic mass is 14.7. The molecule has 0 N–H and O–H groups in total. The van der Waals surface area contributed by atoms with E-state index in [-0.39, 0.29) is 0 Å². The summed E-state index contributed by atoms with van der Waals surface area (Å²) < 4.78 is 0. The maximum atomic E-state index is 4.62. The van der Waals surface area contributed by atoms with E-state index < -0.39 is 0 Å². The lowest BCUT2D eigenvalue weighted by Crippen LogP contribution is -1.93. The summed E-state index contributed by atoms with van der Waals surface area (Å²) in [4.78, 5) is 9.22. The van der Waals surface area contributed by atoms with E-state index >= 15 is 0 Å². The zero-order valence-corrected chi connectivity index (χ0v) is 12.2. The van der Waals surface area contributed by atoms with E-state index in [9.17, 15) is 0 Å². The molecule has 0 amide bonds. The minimum absolute atomic E-state index is 0.369. The second-order valence-electron chi connectivity index (χ2n) is 5.93. The zero-order valence-electron chi connectivity index (χ0n) is 12.2. The predicted octanol–water partition coefficient (Wildman–Crippen LogP) is 4.92. The van der Waals surface area contributed by atoms with Gasteiger partial charge in [-0.2, -0.15) is 0 Å². The Bertz CT molecular complexity index is 1050. The Labute approximate surface area is 128 Å². The van der Waals surface area contributed by atoms with Gasteiger partial charge in [-0.1, -0.05) is 43.3 Å². The van der Waals surface area contributed by atoms with Crippen LogP contribution in [0.4, 0.5) is 0 Å². The van der Waals surface area contributed by atoms with Gasteiger partial charge in [0.15, 0.2) is 0 Å². The average Bonchev–Trinajstić information content (AvgIpc) is 2.88. The Morgan fingerprint density at radius 3 is 2.77 bits per heavy atom. The quantitative estimate of drug-likeness (QED) is 0.428. The maximum absolute atomic E-state index is 4.62. The topological polar surface area (TPSA) is 25.8 Å². The summed E-state index contributed by atoms with van der Waals surface area (Å²) in [5.74, 6) is 0.369. The van der Waals surface area contributed by atoms with Crippen molar-refractivity contribution in [3.63, 3.8) is 0 Å². The first-order valence-corrected chi connectivity index (χ1v) is 7.60. The third kappa shape index (κ3) is 1.39. The van der Waals surface area contributed by atoms with Gasteiger partial charge in [-0.3, -0.25) is 9.97 Å². The minimum atomic E-state index is 0.369. The van der Waals surface area contributed by atoms with Crippen LogP contribution in [0, 0.1) is 0 Å². The molecule has 0 aliphatic heterocycles. The van der Waals surface area contributed by atoms with Gasteiger partial charge in [-0.25, -0.2) is 0 Å². The van der Waals surface area contributed by atoms with E-state index in [1.165, 1.54) is 32.8 Å². The molecule has 2 heteroatoms. The molecule has 5 rings (SSSR count). The lowest BCUT2D eigenvalue weighted by Gasteiger charge is -2.12. The molecule has 1 atom stereocenters. The van der Waals surface area contributed by atoms with Crippen molar-refractivity contribution in [2.45, 2.75) is 12.8 Å². The average molecular weight is 282 g/mol. The van der Waals surface area contributed by atoms with Crippen LogP contribution in [0.5, 0.6) is 0 Å². The first-order valence-electron chi connectivity index (χ1n) is 7.60. The molecule has 0 fully saturated rings. The normalized spacial score (nSPS) is 16.0. The highest BCUT2D eigenvalue weighted by Crippen LogP contribution is 2.47. The van der Waals surface area contributed by atoms with E-state index in [4.69, 9.17) is 0 Å². The summed E-state index contributed by atoms with van der Waals surface area (Å²) in [5.41, 5.74) is 6.18. The number of pyridine rings is 2. The summed E-state index contributed by atoms with van der Waals surface area (Å²) in [6.45, 7) is 2.28. The third-order valence-electron chi connectivity index (χ3n) is 4.79. The van der Waals surface area contributed by atoms with Crippen LogP contribution in [-0.2, 0) is 0 Å². The Kier molecular flexibility index (Phi) is 2.23. The Morgan fingerprint density at radius 1 is 0.909 bits per heavy atom. The third-order valence-corrected chi connectivity index (χ3v) is 4.79. The van der Waals surface area contributed by atoms with E-state index in [1.54, 1.807) is 0 Å². The second-order valence-corrected chi connectivity index (χ2v) is 5.93. The minimum Gasteiger partial charge on any atom is -0.256 e. The molecule has 0 radical (unpaired) electrons. The molecule has 2 aromatic carbocycles. The first kappa shape index (κ1) is 11.9. The molecule has 0 bridgehead atoms. The Hall–Kier alpha value is -2.74. The van der Waals surface area contributed by atoms with Crippen LogP contribution in [0.2, 0.25) is 0 Å². The number of para-hydroxylation sites is 1. The standard InChI is InChI=1S/C20H14N2/c1-12-14-6-4-10-21-20(14)16-9-8-13-11-22-17-7-3-2-5-15(17)19(13)18(12)16/h2-12H,1H3. The number of hydrogen-bond acceptors (Lipinski definition) is 2. The van der Waals surface area contributed by atoms with Gasteiger partial charge < -0.3 is 0 Å². The summed E-state index contributed by atoms with van der Waals surface area (Å²) >= 11 is 0. The van der Waals surface area contributed by atoms with Crippen molar-refractivity contribution in [1.82, 2.24) is 9.97 Å². The number of rotatable bonds is 0. The number of nitrogens with zero attached hydrogens (tertiary/aromatic N) is 2. The van der Waals surface area contributed by atoms with Gasteiger partial charge in [0, 0.05) is 34.6 Å². The van der Waals surface area contributed by atoms with Gasteiger partial charge in [0.2, 0.25) is 0 Å². The molecule has 0 saturated carbocycles. The number of aromatic nitrogens is 2. The van der Waals surface area contributed by atoms with Crippen molar-refractivity contribution in [1.29, 1.82) is 0 Å². The first-order chi connectivity index (χ1) is 10.8. The molecule has 2 nitrogen and oxygen atoms in total. The van der Waals surface area contributed by atoms with Crippen molar-refractivity contribution in [3.8, 4) is 11.3 Å². The molecular formula is C20H14N2. The van der Waals surface area contributed by atoms with Crippen molar-refractivity contribution in [3.05, 3.63) is 72.1 Å². The van der Waals surface area contributed by atoms with Crippen LogP contribution in [0.1, 0.15) is 24.0 Å². The lowest BCUT2D eigenvalue weighted by atomic mass is 9.92. The molecular weight excluding hydrogens is 268 g/mol.